The van der Waals surface area contributed by atoms with Crippen LogP contribution in [-0.2, 0) is 16.0 Å². The van der Waals surface area contributed by atoms with Crippen molar-refractivity contribution in [3.05, 3.63) is 124 Å². The van der Waals surface area contributed by atoms with Gasteiger partial charge in [-0.2, -0.15) is 13.2 Å². The van der Waals surface area contributed by atoms with Crippen molar-refractivity contribution in [2.45, 2.75) is 30.7 Å². The first-order chi connectivity index (χ1) is 21.2. The van der Waals surface area contributed by atoms with Crippen LogP contribution in [-0.4, -0.2) is 48.4 Å². The molecule has 0 aliphatic carbocycles. The van der Waals surface area contributed by atoms with Gasteiger partial charge in [-0.3, -0.25) is 4.79 Å². The smallest absolute Gasteiger partial charge is 0.405 e. The van der Waals surface area contributed by atoms with Gasteiger partial charge in [0.1, 0.15) is 12.3 Å². The summed E-state index contributed by atoms with van der Waals surface area (Å²) in [5, 5.41) is 11.1. The van der Waals surface area contributed by atoms with E-state index in [1.54, 1.807) is 42.5 Å². The van der Waals surface area contributed by atoms with E-state index >= 15 is 0 Å². The quantitative estimate of drug-likeness (QED) is 0.168. The fraction of sp³-hybridized carbons (Fsp3) is 0.235. The molecule has 0 saturated carbocycles. The first-order valence-corrected chi connectivity index (χ1v) is 14.8. The lowest BCUT2D eigenvalue weighted by molar-refractivity contribution is -0.143. The van der Waals surface area contributed by atoms with Gasteiger partial charge in [-0.1, -0.05) is 88.7 Å². The maximum absolute atomic E-state index is 13.9. The second-order valence-corrected chi connectivity index (χ2v) is 11.2. The maximum atomic E-state index is 13.9. The minimum Gasteiger partial charge on any atom is -0.494 e. The molecule has 10 heteroatoms. The molecule has 0 unspecified atom stereocenters. The van der Waals surface area contributed by atoms with Crippen LogP contribution in [0.2, 0.25) is 0 Å². The Morgan fingerprint density at radius 3 is 2.20 bits per heavy atom. The van der Waals surface area contributed by atoms with E-state index in [0.29, 0.717) is 39.9 Å². The summed E-state index contributed by atoms with van der Waals surface area (Å²) in [6, 6.07) is 31.2. The number of aliphatic hydroxyl groups excluding tert-OH is 1. The zero-order valence-corrected chi connectivity index (χ0v) is 25.1. The number of halogens is 4. The van der Waals surface area contributed by atoms with Gasteiger partial charge in [0.15, 0.2) is 11.6 Å². The fourth-order valence-electron chi connectivity index (χ4n) is 5.03. The number of rotatable bonds is 11. The summed E-state index contributed by atoms with van der Waals surface area (Å²) in [6.07, 6.45) is -5.21. The number of carbonyl (C=O) groups excluding carboxylic acids is 1. The van der Waals surface area contributed by atoms with Crippen LogP contribution in [0.15, 0.2) is 113 Å². The fourth-order valence-corrected chi connectivity index (χ4v) is 5.45. The third-order valence-electron chi connectivity index (χ3n) is 7.22. The molecule has 1 heterocycles. The summed E-state index contributed by atoms with van der Waals surface area (Å²) < 4.78 is 52.7. The number of amides is 1. The highest BCUT2D eigenvalue weighted by Gasteiger charge is 2.54. The van der Waals surface area contributed by atoms with Crippen LogP contribution in [0.3, 0.4) is 0 Å². The van der Waals surface area contributed by atoms with Crippen molar-refractivity contribution in [1.82, 2.24) is 5.32 Å². The maximum Gasteiger partial charge on any atom is 0.405 e. The number of aliphatic hydroxyl groups is 1. The summed E-state index contributed by atoms with van der Waals surface area (Å²) in [4.78, 5) is 18.7. The van der Waals surface area contributed by atoms with Crippen LogP contribution >= 0.6 is 15.9 Å². The topological polar surface area (TPSA) is 80.2 Å². The standard InChI is InChI=1S/C34H30BrF3N2O4/c35-29-10-5-4-9-27(29)21-33(32(42)39-22-34(36,37)38)30(25-13-11-24(12-14-25)23-7-2-1-3-8-23)44-31(40-33)26-15-17-28(18-16-26)43-20-6-19-41/h1-5,7-18,30,41H,6,19-22H2,(H,39,42)/t30-,33-/m1/s1. The Bertz CT molecular complexity index is 1600. The Kier molecular flexibility index (Phi) is 9.71. The number of nitrogens with one attached hydrogen (secondary N) is 1. The summed E-state index contributed by atoms with van der Waals surface area (Å²) >= 11 is 3.52. The molecule has 0 aromatic heterocycles. The molecule has 1 aliphatic heterocycles. The zero-order valence-electron chi connectivity index (χ0n) is 23.6. The number of aliphatic imine (C=N–C) groups is 1. The van der Waals surface area contributed by atoms with Gasteiger partial charge in [0, 0.05) is 29.5 Å². The van der Waals surface area contributed by atoms with Crippen molar-refractivity contribution in [1.29, 1.82) is 0 Å². The lowest BCUT2D eigenvalue weighted by Crippen LogP contribution is -2.51. The van der Waals surface area contributed by atoms with E-state index < -0.39 is 30.3 Å². The molecule has 1 aliphatic rings. The SMILES string of the molecule is O=C(NCC(F)(F)F)[C@]1(Cc2ccccc2Br)N=C(c2ccc(OCCCO)cc2)O[C@@H]1c1ccc(-c2ccccc2)cc1. The minimum atomic E-state index is -4.62. The highest BCUT2D eigenvalue weighted by Crippen LogP contribution is 2.44. The lowest BCUT2D eigenvalue weighted by atomic mass is 9.81. The van der Waals surface area contributed by atoms with Crippen LogP contribution in [0.1, 0.15) is 29.2 Å². The number of ether oxygens (including phenoxy) is 2. The Labute approximate surface area is 261 Å². The van der Waals surface area contributed by atoms with Gasteiger partial charge in [0.2, 0.25) is 5.90 Å². The highest BCUT2D eigenvalue weighted by molar-refractivity contribution is 9.10. The molecular weight excluding hydrogens is 637 g/mol. The zero-order chi connectivity index (χ0) is 31.2. The van der Waals surface area contributed by atoms with E-state index in [2.05, 4.69) is 21.2 Å². The summed E-state index contributed by atoms with van der Waals surface area (Å²) in [6.45, 7) is -1.16. The molecule has 0 fully saturated rings. The van der Waals surface area contributed by atoms with Gasteiger partial charge >= 0.3 is 6.18 Å². The van der Waals surface area contributed by atoms with Crippen molar-refractivity contribution in [2.24, 2.45) is 4.99 Å². The first-order valence-electron chi connectivity index (χ1n) is 14.0. The Hall–Kier alpha value is -4.15. The van der Waals surface area contributed by atoms with Gasteiger partial charge in [0.05, 0.1) is 6.61 Å². The Morgan fingerprint density at radius 1 is 0.909 bits per heavy atom. The number of hydrogen-bond donors (Lipinski definition) is 2. The molecule has 0 radical (unpaired) electrons. The molecule has 6 nitrogen and oxygen atoms in total. The molecule has 44 heavy (non-hydrogen) atoms. The van der Waals surface area contributed by atoms with Gasteiger partial charge in [-0.15, -0.1) is 0 Å². The van der Waals surface area contributed by atoms with E-state index in [-0.39, 0.29) is 18.9 Å². The van der Waals surface area contributed by atoms with Crippen molar-refractivity contribution in [2.75, 3.05) is 19.8 Å². The molecule has 5 rings (SSSR count). The number of hydrogen-bond acceptors (Lipinski definition) is 5. The predicted octanol–water partition coefficient (Wildman–Crippen LogP) is 7.06. The van der Waals surface area contributed by atoms with Gasteiger partial charge in [-0.25, -0.2) is 4.99 Å². The molecule has 4 aromatic carbocycles. The molecule has 1 amide bonds. The molecule has 4 aromatic rings. The van der Waals surface area contributed by atoms with Crippen molar-refractivity contribution >= 4 is 27.7 Å². The lowest BCUT2D eigenvalue weighted by Gasteiger charge is -2.31. The number of benzene rings is 4. The van der Waals surface area contributed by atoms with Crippen molar-refractivity contribution in [3.8, 4) is 16.9 Å². The summed E-state index contributed by atoms with van der Waals surface area (Å²) in [5.41, 5.74) is 1.95. The number of alkyl halides is 3. The second kappa shape index (κ2) is 13.7. The third kappa shape index (κ3) is 7.31. The minimum absolute atomic E-state index is 0.00641. The van der Waals surface area contributed by atoms with E-state index in [1.165, 1.54) is 0 Å². The Morgan fingerprint density at radius 2 is 1.55 bits per heavy atom. The van der Waals surface area contributed by atoms with Crippen molar-refractivity contribution in [3.63, 3.8) is 0 Å². The molecule has 2 atom stereocenters. The molecular formula is C34H30BrF3N2O4. The first kappa shape index (κ1) is 31.3. The molecule has 0 bridgehead atoms. The highest BCUT2D eigenvalue weighted by atomic mass is 79.9. The van der Waals surface area contributed by atoms with E-state index in [9.17, 15) is 18.0 Å². The number of carbonyl (C=O) groups is 1. The second-order valence-electron chi connectivity index (χ2n) is 10.3. The summed E-state index contributed by atoms with van der Waals surface area (Å²) in [7, 11) is 0. The number of nitrogens with zero attached hydrogens (tertiary/aromatic N) is 1. The summed E-state index contributed by atoms with van der Waals surface area (Å²) in [5.74, 6) is -0.212. The van der Waals surface area contributed by atoms with Crippen LogP contribution in [0.5, 0.6) is 5.75 Å². The third-order valence-corrected chi connectivity index (χ3v) is 7.99. The van der Waals surface area contributed by atoms with Crippen LogP contribution in [0.4, 0.5) is 13.2 Å². The molecule has 228 valence electrons. The van der Waals surface area contributed by atoms with Gasteiger partial charge < -0.3 is 19.9 Å². The van der Waals surface area contributed by atoms with E-state index in [1.807, 2.05) is 60.7 Å². The van der Waals surface area contributed by atoms with Gasteiger partial charge in [-0.05, 0) is 52.6 Å². The average Bonchev–Trinajstić information content (AvgIpc) is 3.42. The average molecular weight is 668 g/mol. The molecule has 0 spiro atoms. The Balaban J connectivity index is 1.58. The molecule has 0 saturated heterocycles. The monoisotopic (exact) mass is 666 g/mol. The van der Waals surface area contributed by atoms with Crippen LogP contribution in [0, 0.1) is 0 Å². The predicted molar refractivity (Wildman–Crippen MR) is 166 cm³/mol. The van der Waals surface area contributed by atoms with E-state index in [4.69, 9.17) is 19.6 Å². The normalized spacial score (nSPS) is 17.9. The molecule has 2 N–H and O–H groups in total. The van der Waals surface area contributed by atoms with Crippen LogP contribution in [0.25, 0.3) is 11.1 Å². The van der Waals surface area contributed by atoms with Crippen LogP contribution < -0.4 is 10.1 Å². The van der Waals surface area contributed by atoms with Crippen molar-refractivity contribution < 1.29 is 32.5 Å². The largest absolute Gasteiger partial charge is 0.494 e. The van der Waals surface area contributed by atoms with Gasteiger partial charge in [0.25, 0.3) is 5.91 Å². The van der Waals surface area contributed by atoms with E-state index in [0.717, 1.165) is 11.1 Å².